The van der Waals surface area contributed by atoms with Crippen LogP contribution in [0.3, 0.4) is 0 Å². The maximum Gasteiger partial charge on any atom is 0.191 e. The lowest BCUT2D eigenvalue weighted by Crippen LogP contribution is -2.41. The van der Waals surface area contributed by atoms with E-state index in [1.807, 2.05) is 32.0 Å². The fourth-order valence-corrected chi connectivity index (χ4v) is 2.97. The van der Waals surface area contributed by atoms with Crippen LogP contribution in [0.2, 0.25) is 0 Å². The van der Waals surface area contributed by atoms with E-state index in [9.17, 15) is 4.39 Å². The van der Waals surface area contributed by atoms with E-state index < -0.39 is 0 Å². The number of aryl methyl sites for hydroxylation is 1. The highest BCUT2D eigenvalue weighted by Gasteiger charge is 2.44. The molecule has 0 aliphatic heterocycles. The number of aromatic nitrogens is 1. The minimum absolute atomic E-state index is 0. The SMILES string of the molecule is CCNC(=NCc1ncccc1C)NCC1(c2cccc(F)c2)CC1.I. The van der Waals surface area contributed by atoms with Gasteiger partial charge < -0.3 is 10.6 Å². The predicted molar refractivity (Wildman–Crippen MR) is 115 cm³/mol. The van der Waals surface area contributed by atoms with Crippen LogP contribution < -0.4 is 10.6 Å². The molecule has 1 aromatic heterocycles. The molecule has 1 heterocycles. The number of rotatable bonds is 6. The van der Waals surface area contributed by atoms with E-state index in [1.54, 1.807) is 18.3 Å². The molecular weight excluding hydrogens is 442 g/mol. The van der Waals surface area contributed by atoms with Crippen LogP contribution in [0, 0.1) is 12.7 Å². The molecule has 4 nitrogen and oxygen atoms in total. The smallest absolute Gasteiger partial charge is 0.191 e. The molecule has 3 rings (SSSR count). The molecule has 0 saturated heterocycles. The number of pyridine rings is 1. The summed E-state index contributed by atoms with van der Waals surface area (Å²) in [4.78, 5) is 9.03. The largest absolute Gasteiger partial charge is 0.357 e. The summed E-state index contributed by atoms with van der Waals surface area (Å²) in [6.45, 7) is 6.17. The second-order valence-electron chi connectivity index (χ2n) is 6.61. The van der Waals surface area contributed by atoms with Gasteiger partial charge in [-0.1, -0.05) is 18.2 Å². The Morgan fingerprint density at radius 1 is 1.23 bits per heavy atom. The topological polar surface area (TPSA) is 49.3 Å². The molecule has 2 N–H and O–H groups in total. The number of hydrogen-bond donors (Lipinski definition) is 2. The quantitative estimate of drug-likeness (QED) is 0.384. The van der Waals surface area contributed by atoms with E-state index in [2.05, 4.69) is 20.6 Å². The Hall–Kier alpha value is -1.70. The van der Waals surface area contributed by atoms with Crippen LogP contribution in [0.15, 0.2) is 47.6 Å². The van der Waals surface area contributed by atoms with Crippen molar-refractivity contribution in [1.82, 2.24) is 15.6 Å². The predicted octanol–water partition coefficient (Wildman–Crippen LogP) is 3.93. The van der Waals surface area contributed by atoms with Gasteiger partial charge in [0.1, 0.15) is 5.82 Å². The molecule has 1 aromatic carbocycles. The third-order valence-electron chi connectivity index (χ3n) is 4.73. The molecule has 1 aliphatic carbocycles. The fraction of sp³-hybridized carbons (Fsp3) is 0.400. The summed E-state index contributed by atoms with van der Waals surface area (Å²) in [6, 6.07) is 10.9. The molecule has 0 atom stereocenters. The molecule has 0 unspecified atom stereocenters. The summed E-state index contributed by atoms with van der Waals surface area (Å²) in [5.74, 6) is 0.602. The average Bonchev–Trinajstić information content (AvgIpc) is 3.40. The monoisotopic (exact) mass is 468 g/mol. The van der Waals surface area contributed by atoms with E-state index >= 15 is 0 Å². The van der Waals surface area contributed by atoms with Crippen molar-refractivity contribution in [2.75, 3.05) is 13.1 Å². The Morgan fingerprint density at radius 2 is 2.04 bits per heavy atom. The second kappa shape index (κ2) is 9.30. The Morgan fingerprint density at radius 3 is 2.69 bits per heavy atom. The molecule has 0 amide bonds. The molecule has 26 heavy (non-hydrogen) atoms. The van der Waals surface area contributed by atoms with Gasteiger partial charge in [0, 0.05) is 24.7 Å². The molecule has 1 fully saturated rings. The molecule has 6 heteroatoms. The molecule has 1 aliphatic rings. The zero-order valence-corrected chi connectivity index (χ0v) is 17.6. The van der Waals surface area contributed by atoms with Crippen molar-refractivity contribution in [3.05, 3.63) is 65.2 Å². The molecule has 140 valence electrons. The first kappa shape index (κ1) is 20.6. The van der Waals surface area contributed by atoms with Crippen molar-refractivity contribution in [2.24, 2.45) is 4.99 Å². The van der Waals surface area contributed by atoms with Crippen LogP contribution in [0.25, 0.3) is 0 Å². The number of hydrogen-bond acceptors (Lipinski definition) is 2. The molecule has 0 bridgehead atoms. The van der Waals surface area contributed by atoms with Gasteiger partial charge >= 0.3 is 0 Å². The number of nitrogens with zero attached hydrogens (tertiary/aromatic N) is 2. The van der Waals surface area contributed by atoms with Gasteiger partial charge in [0.25, 0.3) is 0 Å². The standard InChI is InChI=1S/C20H25FN4.HI/c1-3-22-19(24-13-18-15(2)6-5-11-23-18)25-14-20(9-10-20)16-7-4-8-17(21)12-16;/h4-8,11-12H,3,9-10,13-14H2,1-2H3,(H2,22,24,25);1H. The van der Waals surface area contributed by atoms with Crippen molar-refractivity contribution in [1.29, 1.82) is 0 Å². The van der Waals surface area contributed by atoms with E-state index in [1.165, 1.54) is 6.07 Å². The van der Waals surface area contributed by atoms with Gasteiger partial charge in [0.2, 0.25) is 0 Å². The van der Waals surface area contributed by atoms with Crippen molar-refractivity contribution < 1.29 is 4.39 Å². The maximum absolute atomic E-state index is 13.5. The third kappa shape index (κ3) is 5.16. The van der Waals surface area contributed by atoms with E-state index in [0.29, 0.717) is 6.54 Å². The molecular formula is C20H26FIN4. The number of nitrogens with one attached hydrogen (secondary N) is 2. The minimum Gasteiger partial charge on any atom is -0.357 e. The van der Waals surface area contributed by atoms with Crippen LogP contribution in [0.4, 0.5) is 4.39 Å². The first-order valence-electron chi connectivity index (χ1n) is 8.82. The fourth-order valence-electron chi connectivity index (χ4n) is 2.97. The Labute approximate surface area is 171 Å². The minimum atomic E-state index is -0.171. The zero-order valence-electron chi connectivity index (χ0n) is 15.3. The number of benzene rings is 1. The van der Waals surface area contributed by atoms with Crippen LogP contribution in [0.5, 0.6) is 0 Å². The summed E-state index contributed by atoms with van der Waals surface area (Å²) in [5, 5.41) is 6.69. The Balaban J connectivity index is 0.00000243. The molecule has 0 spiro atoms. The average molecular weight is 468 g/mol. The van der Waals surface area contributed by atoms with E-state index in [-0.39, 0.29) is 35.2 Å². The summed E-state index contributed by atoms with van der Waals surface area (Å²) in [7, 11) is 0. The van der Waals surface area contributed by atoms with Crippen molar-refractivity contribution in [2.45, 2.75) is 38.6 Å². The summed E-state index contributed by atoms with van der Waals surface area (Å²) < 4.78 is 13.5. The molecule has 1 saturated carbocycles. The van der Waals surface area contributed by atoms with Crippen LogP contribution >= 0.6 is 24.0 Å². The van der Waals surface area contributed by atoms with Crippen LogP contribution in [-0.4, -0.2) is 24.0 Å². The first-order chi connectivity index (χ1) is 12.1. The van der Waals surface area contributed by atoms with Gasteiger partial charge in [-0.05, 0) is 56.0 Å². The van der Waals surface area contributed by atoms with Gasteiger partial charge in [-0.2, -0.15) is 0 Å². The summed E-state index contributed by atoms with van der Waals surface area (Å²) in [5.41, 5.74) is 3.21. The van der Waals surface area contributed by atoms with Gasteiger partial charge in [0.05, 0.1) is 12.2 Å². The van der Waals surface area contributed by atoms with Gasteiger partial charge in [-0.25, -0.2) is 9.38 Å². The number of halogens is 2. The Bertz CT molecular complexity index is 759. The lowest BCUT2D eigenvalue weighted by Gasteiger charge is -2.19. The van der Waals surface area contributed by atoms with Gasteiger partial charge in [-0.15, -0.1) is 24.0 Å². The van der Waals surface area contributed by atoms with E-state index in [4.69, 9.17) is 0 Å². The van der Waals surface area contributed by atoms with Gasteiger partial charge in [-0.3, -0.25) is 4.98 Å². The maximum atomic E-state index is 13.5. The lowest BCUT2D eigenvalue weighted by atomic mass is 9.96. The highest BCUT2D eigenvalue weighted by Crippen LogP contribution is 2.47. The second-order valence-corrected chi connectivity index (χ2v) is 6.61. The van der Waals surface area contributed by atoms with Crippen LogP contribution in [0.1, 0.15) is 36.6 Å². The summed E-state index contributed by atoms with van der Waals surface area (Å²) >= 11 is 0. The van der Waals surface area contributed by atoms with Crippen molar-refractivity contribution in [3.8, 4) is 0 Å². The normalized spacial score (nSPS) is 15.1. The third-order valence-corrected chi connectivity index (χ3v) is 4.73. The summed E-state index contributed by atoms with van der Waals surface area (Å²) in [6.07, 6.45) is 3.94. The highest BCUT2D eigenvalue weighted by molar-refractivity contribution is 14.0. The molecule has 0 radical (unpaired) electrons. The Kier molecular flexibility index (Phi) is 7.37. The van der Waals surface area contributed by atoms with Crippen molar-refractivity contribution in [3.63, 3.8) is 0 Å². The number of aliphatic imine (C=N–C) groups is 1. The van der Waals surface area contributed by atoms with E-state index in [0.717, 1.165) is 48.7 Å². The van der Waals surface area contributed by atoms with Gasteiger partial charge in [0.15, 0.2) is 5.96 Å². The van der Waals surface area contributed by atoms with Crippen molar-refractivity contribution >= 4 is 29.9 Å². The highest BCUT2D eigenvalue weighted by atomic mass is 127. The first-order valence-corrected chi connectivity index (χ1v) is 8.82. The zero-order chi connectivity index (χ0) is 17.7. The molecule has 2 aromatic rings. The lowest BCUT2D eigenvalue weighted by molar-refractivity contribution is 0.607. The number of guanidine groups is 1. The van der Waals surface area contributed by atoms with Crippen LogP contribution in [-0.2, 0) is 12.0 Å².